The maximum Gasteiger partial charge on any atom is 0.332 e. The Morgan fingerprint density at radius 3 is 2.37 bits per heavy atom. The second kappa shape index (κ2) is 5.44. The minimum atomic E-state index is -4.31. The summed E-state index contributed by atoms with van der Waals surface area (Å²) in [5.74, 6) is -1.25. The van der Waals surface area contributed by atoms with Gasteiger partial charge in [0.2, 0.25) is 14.8 Å². The Morgan fingerprint density at radius 1 is 1.37 bits per heavy atom. The van der Waals surface area contributed by atoms with Crippen LogP contribution in [0.1, 0.15) is 20.8 Å². The SMILES string of the molecule is CC(C)C(C)NC1C=CC=CC1(C(=O)O)S(N)(=O)=O. The number of aliphatic carboxylic acids is 1. The van der Waals surface area contributed by atoms with E-state index in [2.05, 4.69) is 5.32 Å². The predicted octanol–water partition coefficient (Wildman–Crippen LogP) is 0.227. The summed E-state index contributed by atoms with van der Waals surface area (Å²) in [6.45, 7) is 5.78. The van der Waals surface area contributed by atoms with Crippen LogP contribution in [0.25, 0.3) is 0 Å². The van der Waals surface area contributed by atoms with Crippen LogP contribution in [-0.2, 0) is 14.8 Å². The molecule has 0 fully saturated rings. The Hall–Kier alpha value is -1.18. The quantitative estimate of drug-likeness (QED) is 0.670. The molecule has 0 bridgehead atoms. The zero-order valence-electron chi connectivity index (χ0n) is 11.2. The van der Waals surface area contributed by atoms with Crippen molar-refractivity contribution in [3.63, 3.8) is 0 Å². The number of hydrogen-bond donors (Lipinski definition) is 3. The fourth-order valence-electron chi connectivity index (χ4n) is 1.87. The standard InChI is InChI=1S/C12H20N2O4S/c1-8(2)9(3)14-10-6-4-5-7-12(10,11(15)16)19(13,17)18/h4-10,14H,1-3H3,(H,15,16)(H2,13,17,18). The summed E-state index contributed by atoms with van der Waals surface area (Å²) in [5, 5.41) is 17.5. The lowest BCUT2D eigenvalue weighted by atomic mass is 9.92. The van der Waals surface area contributed by atoms with Gasteiger partial charge in [0.05, 0.1) is 6.04 Å². The third-order valence-electron chi connectivity index (χ3n) is 3.47. The van der Waals surface area contributed by atoms with Crippen LogP contribution in [-0.4, -0.2) is 36.3 Å². The van der Waals surface area contributed by atoms with Gasteiger partial charge in [-0.3, -0.25) is 4.79 Å². The molecule has 19 heavy (non-hydrogen) atoms. The Labute approximate surface area is 113 Å². The van der Waals surface area contributed by atoms with Gasteiger partial charge in [-0.1, -0.05) is 32.1 Å². The van der Waals surface area contributed by atoms with E-state index in [-0.39, 0.29) is 12.0 Å². The average molecular weight is 288 g/mol. The maximum absolute atomic E-state index is 11.8. The van der Waals surface area contributed by atoms with E-state index in [1.165, 1.54) is 12.2 Å². The molecule has 0 saturated heterocycles. The van der Waals surface area contributed by atoms with Crippen molar-refractivity contribution in [3.05, 3.63) is 24.3 Å². The molecule has 0 aromatic heterocycles. The van der Waals surface area contributed by atoms with Crippen LogP contribution in [0.4, 0.5) is 0 Å². The van der Waals surface area contributed by atoms with Gasteiger partial charge in [-0.05, 0) is 18.9 Å². The van der Waals surface area contributed by atoms with Crippen LogP contribution >= 0.6 is 0 Å². The Kier molecular flexibility index (Phi) is 4.54. The first-order chi connectivity index (χ1) is 8.63. The minimum absolute atomic E-state index is 0.0541. The molecule has 0 aromatic rings. The van der Waals surface area contributed by atoms with Gasteiger partial charge < -0.3 is 10.4 Å². The predicted molar refractivity (Wildman–Crippen MR) is 73.0 cm³/mol. The number of rotatable bonds is 5. The molecule has 0 saturated carbocycles. The van der Waals surface area contributed by atoms with E-state index in [1.807, 2.05) is 20.8 Å². The van der Waals surface area contributed by atoms with E-state index in [9.17, 15) is 18.3 Å². The van der Waals surface area contributed by atoms with Gasteiger partial charge in [0.1, 0.15) is 0 Å². The van der Waals surface area contributed by atoms with Gasteiger partial charge in [0.25, 0.3) is 0 Å². The van der Waals surface area contributed by atoms with E-state index < -0.39 is 26.8 Å². The second-order valence-electron chi connectivity index (χ2n) is 5.06. The molecule has 4 N–H and O–H groups in total. The van der Waals surface area contributed by atoms with E-state index in [1.54, 1.807) is 6.08 Å². The van der Waals surface area contributed by atoms with Crippen molar-refractivity contribution in [2.75, 3.05) is 0 Å². The van der Waals surface area contributed by atoms with Crippen molar-refractivity contribution in [1.82, 2.24) is 5.32 Å². The highest BCUT2D eigenvalue weighted by molar-refractivity contribution is 7.91. The molecule has 0 radical (unpaired) electrons. The summed E-state index contributed by atoms with van der Waals surface area (Å²) >= 11 is 0. The molecule has 0 aromatic carbocycles. The molecule has 3 unspecified atom stereocenters. The van der Waals surface area contributed by atoms with Gasteiger partial charge in [-0.15, -0.1) is 0 Å². The number of primary sulfonamides is 1. The van der Waals surface area contributed by atoms with Gasteiger partial charge in [-0.25, -0.2) is 13.6 Å². The van der Waals surface area contributed by atoms with Crippen LogP contribution in [0.2, 0.25) is 0 Å². The number of sulfonamides is 1. The van der Waals surface area contributed by atoms with Gasteiger partial charge in [-0.2, -0.15) is 0 Å². The van der Waals surface area contributed by atoms with Crippen molar-refractivity contribution in [1.29, 1.82) is 0 Å². The zero-order valence-corrected chi connectivity index (χ0v) is 12.0. The molecule has 108 valence electrons. The number of nitrogens with one attached hydrogen (secondary N) is 1. The topological polar surface area (TPSA) is 109 Å². The van der Waals surface area contributed by atoms with Gasteiger partial charge in [0, 0.05) is 6.04 Å². The second-order valence-corrected chi connectivity index (χ2v) is 6.83. The van der Waals surface area contributed by atoms with Crippen molar-refractivity contribution in [2.24, 2.45) is 11.1 Å². The van der Waals surface area contributed by atoms with Crippen LogP contribution in [0, 0.1) is 5.92 Å². The highest BCUT2D eigenvalue weighted by Gasteiger charge is 2.53. The summed E-state index contributed by atoms with van der Waals surface area (Å²) in [6, 6.07) is -0.955. The number of nitrogens with two attached hydrogens (primary N) is 1. The summed E-state index contributed by atoms with van der Waals surface area (Å²) < 4.78 is 21.4. The Morgan fingerprint density at radius 2 is 1.95 bits per heavy atom. The van der Waals surface area contributed by atoms with Crippen LogP contribution in [0.15, 0.2) is 24.3 Å². The molecule has 0 aliphatic heterocycles. The lowest BCUT2D eigenvalue weighted by molar-refractivity contribution is -0.139. The summed E-state index contributed by atoms with van der Waals surface area (Å²) in [7, 11) is -4.31. The minimum Gasteiger partial charge on any atom is -0.480 e. The fraction of sp³-hybridized carbons (Fsp3) is 0.583. The smallest absolute Gasteiger partial charge is 0.332 e. The van der Waals surface area contributed by atoms with E-state index >= 15 is 0 Å². The lowest BCUT2D eigenvalue weighted by Gasteiger charge is -2.35. The number of carbonyl (C=O) groups is 1. The fourth-order valence-corrected chi connectivity index (χ4v) is 2.89. The molecule has 7 heteroatoms. The molecular weight excluding hydrogens is 268 g/mol. The van der Waals surface area contributed by atoms with E-state index in [4.69, 9.17) is 5.14 Å². The van der Waals surface area contributed by atoms with Crippen LogP contribution < -0.4 is 10.5 Å². The first-order valence-corrected chi connectivity index (χ1v) is 7.55. The van der Waals surface area contributed by atoms with Crippen LogP contribution in [0.5, 0.6) is 0 Å². The highest BCUT2D eigenvalue weighted by atomic mass is 32.2. The maximum atomic E-state index is 11.8. The molecule has 3 atom stereocenters. The zero-order chi connectivity index (χ0) is 14.8. The first-order valence-electron chi connectivity index (χ1n) is 6.00. The third kappa shape index (κ3) is 2.88. The Bertz CT molecular complexity index is 510. The van der Waals surface area contributed by atoms with Gasteiger partial charge in [0.15, 0.2) is 0 Å². The van der Waals surface area contributed by atoms with E-state index in [0.717, 1.165) is 6.08 Å². The highest BCUT2D eigenvalue weighted by Crippen LogP contribution is 2.27. The summed E-state index contributed by atoms with van der Waals surface area (Å²) in [5.41, 5.74) is 0. The molecule has 1 rings (SSSR count). The number of carboxylic acid groups (broad SMARTS) is 1. The van der Waals surface area contributed by atoms with Crippen molar-refractivity contribution in [3.8, 4) is 0 Å². The van der Waals surface area contributed by atoms with Crippen molar-refractivity contribution >= 4 is 16.0 Å². The third-order valence-corrected chi connectivity index (χ3v) is 4.97. The van der Waals surface area contributed by atoms with Crippen LogP contribution in [0.3, 0.4) is 0 Å². The molecule has 0 amide bonds. The number of carboxylic acids is 1. The van der Waals surface area contributed by atoms with Crippen molar-refractivity contribution < 1.29 is 18.3 Å². The normalized spacial score (nSPS) is 28.6. The Balaban J connectivity index is 3.24. The van der Waals surface area contributed by atoms with Gasteiger partial charge >= 0.3 is 5.97 Å². The molecule has 6 nitrogen and oxygen atoms in total. The number of hydrogen-bond acceptors (Lipinski definition) is 4. The van der Waals surface area contributed by atoms with Crippen molar-refractivity contribution in [2.45, 2.75) is 37.6 Å². The number of allylic oxidation sites excluding steroid dienone is 2. The monoisotopic (exact) mass is 288 g/mol. The van der Waals surface area contributed by atoms with E-state index in [0.29, 0.717) is 0 Å². The average Bonchev–Trinajstić information content (AvgIpc) is 2.27. The molecule has 1 aliphatic rings. The first kappa shape index (κ1) is 15.9. The molecule has 1 aliphatic carbocycles. The lowest BCUT2D eigenvalue weighted by Crippen LogP contribution is -2.63. The molecule has 0 spiro atoms. The molecular formula is C12H20N2O4S. The largest absolute Gasteiger partial charge is 0.480 e. The molecule has 0 heterocycles. The summed E-state index contributed by atoms with van der Waals surface area (Å²) in [6.07, 6.45) is 5.63. The summed E-state index contributed by atoms with van der Waals surface area (Å²) in [4.78, 5) is 11.5.